The number of hydrogen-bond donors (Lipinski definition) is 0. The lowest BCUT2D eigenvalue weighted by molar-refractivity contribution is -0.118. The van der Waals surface area contributed by atoms with Gasteiger partial charge in [0, 0.05) is 29.0 Å². The van der Waals surface area contributed by atoms with E-state index >= 15 is 0 Å². The largest absolute Gasteiger partial charge is 0.335 e. The molecule has 1 aliphatic rings. The highest BCUT2D eigenvalue weighted by molar-refractivity contribution is 9.10. The maximum atomic E-state index is 12.5. The SMILES string of the molecule is CC(=O)CC1CCCCN1C(=O)c1ccc(Br)cc1. The second-order valence-corrected chi connectivity index (χ2v) is 5.98. The van der Waals surface area contributed by atoms with Crippen LogP contribution in [0.2, 0.25) is 0 Å². The van der Waals surface area contributed by atoms with E-state index in [2.05, 4.69) is 15.9 Å². The van der Waals surface area contributed by atoms with Gasteiger partial charge in [-0.3, -0.25) is 9.59 Å². The fourth-order valence-electron chi connectivity index (χ4n) is 2.57. The van der Waals surface area contributed by atoms with Gasteiger partial charge in [0.1, 0.15) is 5.78 Å². The first kappa shape index (κ1) is 14.3. The molecular weight excluding hydrogens is 306 g/mol. The van der Waals surface area contributed by atoms with Crippen molar-refractivity contribution in [1.29, 1.82) is 0 Å². The zero-order chi connectivity index (χ0) is 13.8. The number of piperidine rings is 1. The summed E-state index contributed by atoms with van der Waals surface area (Å²) in [7, 11) is 0. The van der Waals surface area contributed by atoms with Crippen LogP contribution in [0, 0.1) is 0 Å². The molecule has 4 heteroatoms. The van der Waals surface area contributed by atoms with Crippen LogP contribution >= 0.6 is 15.9 Å². The predicted octanol–water partition coefficient (Wildman–Crippen LogP) is 3.42. The molecule has 1 amide bonds. The molecule has 0 spiro atoms. The van der Waals surface area contributed by atoms with E-state index in [1.165, 1.54) is 0 Å². The Labute approximate surface area is 122 Å². The number of ketones is 1. The number of Topliss-reactive ketones (excluding diaryl/α,β-unsaturated/α-hetero) is 1. The highest BCUT2D eigenvalue weighted by Gasteiger charge is 2.28. The van der Waals surface area contributed by atoms with E-state index in [1.54, 1.807) is 6.92 Å². The van der Waals surface area contributed by atoms with Crippen molar-refractivity contribution in [3.05, 3.63) is 34.3 Å². The number of hydrogen-bond acceptors (Lipinski definition) is 2. The van der Waals surface area contributed by atoms with Crippen molar-refractivity contribution in [3.63, 3.8) is 0 Å². The Hall–Kier alpha value is -1.16. The summed E-state index contributed by atoms with van der Waals surface area (Å²) in [4.78, 5) is 25.7. The number of carbonyl (C=O) groups is 2. The van der Waals surface area contributed by atoms with Crippen LogP contribution in [0.3, 0.4) is 0 Å². The monoisotopic (exact) mass is 323 g/mol. The summed E-state index contributed by atoms with van der Waals surface area (Å²) in [6.45, 7) is 2.35. The van der Waals surface area contributed by atoms with Crippen LogP contribution in [0.1, 0.15) is 43.0 Å². The van der Waals surface area contributed by atoms with Gasteiger partial charge in [0.15, 0.2) is 0 Å². The van der Waals surface area contributed by atoms with Crippen molar-refractivity contribution in [2.24, 2.45) is 0 Å². The number of likely N-dealkylation sites (tertiary alicyclic amines) is 1. The molecule has 1 unspecified atom stereocenters. The lowest BCUT2D eigenvalue weighted by atomic mass is 9.97. The third-order valence-electron chi connectivity index (χ3n) is 3.50. The second-order valence-electron chi connectivity index (χ2n) is 5.06. The van der Waals surface area contributed by atoms with Crippen LogP contribution in [-0.4, -0.2) is 29.2 Å². The molecule has 3 nitrogen and oxygen atoms in total. The smallest absolute Gasteiger partial charge is 0.254 e. The molecule has 0 bridgehead atoms. The molecule has 1 fully saturated rings. The Morgan fingerprint density at radius 2 is 1.95 bits per heavy atom. The van der Waals surface area contributed by atoms with Gasteiger partial charge in [0.25, 0.3) is 5.91 Å². The summed E-state index contributed by atoms with van der Waals surface area (Å²) in [6.07, 6.45) is 3.53. The van der Waals surface area contributed by atoms with Crippen molar-refractivity contribution in [3.8, 4) is 0 Å². The van der Waals surface area contributed by atoms with Crippen LogP contribution in [0.5, 0.6) is 0 Å². The number of nitrogens with zero attached hydrogens (tertiary/aromatic N) is 1. The summed E-state index contributed by atoms with van der Waals surface area (Å²) in [5, 5.41) is 0. The number of amides is 1. The molecule has 1 aromatic carbocycles. The molecule has 1 heterocycles. The molecular formula is C15H18BrNO2. The molecule has 0 N–H and O–H groups in total. The average Bonchev–Trinajstić information content (AvgIpc) is 2.39. The topological polar surface area (TPSA) is 37.4 Å². The summed E-state index contributed by atoms with van der Waals surface area (Å²) >= 11 is 3.37. The van der Waals surface area contributed by atoms with E-state index in [0.29, 0.717) is 12.0 Å². The summed E-state index contributed by atoms with van der Waals surface area (Å²) < 4.78 is 0.961. The van der Waals surface area contributed by atoms with E-state index in [0.717, 1.165) is 30.3 Å². The number of benzene rings is 1. The number of carbonyl (C=O) groups excluding carboxylic acids is 2. The van der Waals surface area contributed by atoms with Gasteiger partial charge in [-0.1, -0.05) is 15.9 Å². The molecule has 2 rings (SSSR count). The second kappa shape index (κ2) is 6.33. The minimum atomic E-state index is 0.0402. The summed E-state index contributed by atoms with van der Waals surface area (Å²) in [5.74, 6) is 0.193. The minimum absolute atomic E-state index is 0.0402. The van der Waals surface area contributed by atoms with Crippen LogP contribution < -0.4 is 0 Å². The molecule has 0 saturated carbocycles. The van der Waals surface area contributed by atoms with Crippen LogP contribution in [0.15, 0.2) is 28.7 Å². The number of rotatable bonds is 3. The van der Waals surface area contributed by atoms with Gasteiger partial charge in [-0.05, 0) is 50.5 Å². The van der Waals surface area contributed by atoms with Gasteiger partial charge in [0.2, 0.25) is 0 Å². The molecule has 102 valence electrons. The molecule has 0 aromatic heterocycles. The van der Waals surface area contributed by atoms with Crippen molar-refractivity contribution < 1.29 is 9.59 Å². The van der Waals surface area contributed by atoms with Crippen LogP contribution in [-0.2, 0) is 4.79 Å². The lowest BCUT2D eigenvalue weighted by Gasteiger charge is -2.35. The zero-order valence-corrected chi connectivity index (χ0v) is 12.6. The van der Waals surface area contributed by atoms with E-state index in [9.17, 15) is 9.59 Å². The molecule has 19 heavy (non-hydrogen) atoms. The minimum Gasteiger partial charge on any atom is -0.335 e. The maximum Gasteiger partial charge on any atom is 0.254 e. The van der Waals surface area contributed by atoms with Crippen LogP contribution in [0.4, 0.5) is 0 Å². The van der Waals surface area contributed by atoms with E-state index in [-0.39, 0.29) is 17.7 Å². The number of halogens is 1. The van der Waals surface area contributed by atoms with E-state index in [1.807, 2.05) is 29.2 Å². The van der Waals surface area contributed by atoms with Crippen molar-refractivity contribution >= 4 is 27.6 Å². The quantitative estimate of drug-likeness (QED) is 0.854. The van der Waals surface area contributed by atoms with Gasteiger partial charge >= 0.3 is 0 Å². The zero-order valence-electron chi connectivity index (χ0n) is 11.1. The molecule has 0 aliphatic carbocycles. The first-order chi connectivity index (χ1) is 9.08. The van der Waals surface area contributed by atoms with E-state index in [4.69, 9.17) is 0 Å². The van der Waals surface area contributed by atoms with Gasteiger partial charge in [-0.15, -0.1) is 0 Å². The van der Waals surface area contributed by atoms with Gasteiger partial charge in [-0.25, -0.2) is 0 Å². The van der Waals surface area contributed by atoms with Crippen molar-refractivity contribution in [2.75, 3.05) is 6.54 Å². The fraction of sp³-hybridized carbons (Fsp3) is 0.467. The Kier molecular flexibility index (Phi) is 4.75. The predicted molar refractivity (Wildman–Crippen MR) is 78.1 cm³/mol. The molecule has 1 atom stereocenters. The van der Waals surface area contributed by atoms with Gasteiger partial charge in [-0.2, -0.15) is 0 Å². The summed E-state index contributed by atoms with van der Waals surface area (Å²) in [5.41, 5.74) is 0.693. The Balaban J connectivity index is 2.15. The summed E-state index contributed by atoms with van der Waals surface area (Å²) in [6, 6.07) is 7.47. The van der Waals surface area contributed by atoms with Gasteiger partial charge in [0.05, 0.1) is 0 Å². The first-order valence-corrected chi connectivity index (χ1v) is 7.43. The maximum absolute atomic E-state index is 12.5. The van der Waals surface area contributed by atoms with Crippen molar-refractivity contribution in [1.82, 2.24) is 4.90 Å². The fourth-order valence-corrected chi connectivity index (χ4v) is 2.83. The first-order valence-electron chi connectivity index (χ1n) is 6.64. The van der Waals surface area contributed by atoms with Crippen molar-refractivity contribution in [2.45, 2.75) is 38.6 Å². The molecule has 1 aromatic rings. The molecule has 0 radical (unpaired) electrons. The molecule has 1 aliphatic heterocycles. The lowest BCUT2D eigenvalue weighted by Crippen LogP contribution is -2.44. The van der Waals surface area contributed by atoms with E-state index < -0.39 is 0 Å². The Morgan fingerprint density at radius 3 is 2.58 bits per heavy atom. The normalized spacial score (nSPS) is 19.3. The van der Waals surface area contributed by atoms with Gasteiger partial charge < -0.3 is 4.90 Å². The Morgan fingerprint density at radius 1 is 1.26 bits per heavy atom. The molecule has 1 saturated heterocycles. The average molecular weight is 324 g/mol. The third kappa shape index (κ3) is 3.66. The Bertz CT molecular complexity index is 470. The van der Waals surface area contributed by atoms with Crippen LogP contribution in [0.25, 0.3) is 0 Å². The standard InChI is InChI=1S/C15H18BrNO2/c1-11(18)10-14-4-2-3-9-17(14)15(19)12-5-7-13(16)8-6-12/h5-8,14H,2-4,9-10H2,1H3. The highest BCUT2D eigenvalue weighted by Crippen LogP contribution is 2.22. The third-order valence-corrected chi connectivity index (χ3v) is 4.03. The highest BCUT2D eigenvalue weighted by atomic mass is 79.9.